The Morgan fingerprint density at radius 1 is 1.39 bits per heavy atom. The minimum Gasteiger partial charge on any atom is -0.395 e. The van der Waals surface area contributed by atoms with Crippen LogP contribution in [0, 0.1) is 0 Å². The number of amides is 1. The number of rotatable bonds is 6. The van der Waals surface area contributed by atoms with Gasteiger partial charge in [-0.15, -0.1) is 11.3 Å². The fraction of sp³-hybridized carbons (Fsp3) is 0.385. The largest absolute Gasteiger partial charge is 0.395 e. The second-order valence-electron chi connectivity index (χ2n) is 4.00. The van der Waals surface area contributed by atoms with Crippen molar-refractivity contribution in [2.24, 2.45) is 0 Å². The molecule has 2 N–H and O–H groups in total. The number of aryl methyl sites for hydroxylation is 1. The van der Waals surface area contributed by atoms with Crippen LogP contribution in [0.25, 0.3) is 10.2 Å². The van der Waals surface area contributed by atoms with Crippen LogP contribution in [0.15, 0.2) is 24.3 Å². The molecule has 18 heavy (non-hydrogen) atoms. The van der Waals surface area contributed by atoms with Crippen LogP contribution in [0.1, 0.15) is 17.8 Å². The van der Waals surface area contributed by atoms with Gasteiger partial charge in [0, 0.05) is 13.0 Å². The number of aliphatic hydroxyl groups is 1. The van der Waals surface area contributed by atoms with Crippen molar-refractivity contribution in [2.75, 3.05) is 13.2 Å². The monoisotopic (exact) mass is 264 g/mol. The lowest BCUT2D eigenvalue weighted by Gasteiger charge is -2.01. The summed E-state index contributed by atoms with van der Waals surface area (Å²) >= 11 is 1.68. The van der Waals surface area contributed by atoms with Gasteiger partial charge in [-0.1, -0.05) is 12.1 Å². The van der Waals surface area contributed by atoms with Gasteiger partial charge in [0.25, 0.3) is 0 Å². The zero-order chi connectivity index (χ0) is 12.8. The molecule has 5 heteroatoms. The summed E-state index contributed by atoms with van der Waals surface area (Å²) in [6.45, 7) is 0.323. The van der Waals surface area contributed by atoms with Gasteiger partial charge in [-0.3, -0.25) is 4.79 Å². The van der Waals surface area contributed by atoms with Gasteiger partial charge in [-0.2, -0.15) is 0 Å². The van der Waals surface area contributed by atoms with Gasteiger partial charge in [0.1, 0.15) is 0 Å². The van der Waals surface area contributed by atoms with E-state index in [4.69, 9.17) is 5.11 Å². The van der Waals surface area contributed by atoms with E-state index in [9.17, 15) is 4.79 Å². The third-order valence-corrected chi connectivity index (χ3v) is 3.66. The van der Waals surface area contributed by atoms with E-state index in [0.717, 1.165) is 23.4 Å². The Hall–Kier alpha value is -1.46. The van der Waals surface area contributed by atoms with Crippen LogP contribution >= 0.6 is 11.3 Å². The summed E-state index contributed by atoms with van der Waals surface area (Å²) in [6.07, 6.45) is 2.10. The van der Waals surface area contributed by atoms with E-state index >= 15 is 0 Å². The Morgan fingerprint density at radius 3 is 3.00 bits per heavy atom. The molecule has 0 aliphatic rings. The second-order valence-corrected chi connectivity index (χ2v) is 5.12. The van der Waals surface area contributed by atoms with E-state index in [-0.39, 0.29) is 12.5 Å². The molecule has 2 aromatic rings. The van der Waals surface area contributed by atoms with Crippen molar-refractivity contribution in [1.29, 1.82) is 0 Å². The van der Waals surface area contributed by atoms with Gasteiger partial charge in [0.05, 0.1) is 21.8 Å². The molecule has 0 aliphatic heterocycles. The maximum atomic E-state index is 11.3. The van der Waals surface area contributed by atoms with Crippen molar-refractivity contribution in [3.05, 3.63) is 29.3 Å². The van der Waals surface area contributed by atoms with Crippen LogP contribution in [0.5, 0.6) is 0 Å². The van der Waals surface area contributed by atoms with Gasteiger partial charge in [-0.05, 0) is 25.0 Å². The summed E-state index contributed by atoms with van der Waals surface area (Å²) in [4.78, 5) is 15.8. The van der Waals surface area contributed by atoms with Crippen molar-refractivity contribution in [1.82, 2.24) is 10.3 Å². The molecular formula is C13H16N2O2S. The molecule has 1 amide bonds. The Morgan fingerprint density at radius 2 is 2.22 bits per heavy atom. The fourth-order valence-electron chi connectivity index (χ4n) is 1.71. The number of hydrogen-bond donors (Lipinski definition) is 2. The summed E-state index contributed by atoms with van der Waals surface area (Å²) in [5.74, 6) is -0.00911. The predicted molar refractivity (Wildman–Crippen MR) is 72.7 cm³/mol. The van der Waals surface area contributed by atoms with E-state index in [1.165, 1.54) is 4.70 Å². The van der Waals surface area contributed by atoms with Gasteiger partial charge >= 0.3 is 0 Å². The third kappa shape index (κ3) is 3.51. The summed E-state index contributed by atoms with van der Waals surface area (Å²) in [6, 6.07) is 8.05. The molecule has 1 aromatic carbocycles. The van der Waals surface area contributed by atoms with Crippen LogP contribution in [-0.4, -0.2) is 29.1 Å². The highest BCUT2D eigenvalue weighted by molar-refractivity contribution is 7.18. The quantitative estimate of drug-likeness (QED) is 0.835. The maximum Gasteiger partial charge on any atom is 0.220 e. The first-order valence-electron chi connectivity index (χ1n) is 6.01. The summed E-state index contributed by atoms with van der Waals surface area (Å²) in [5, 5.41) is 12.3. The molecule has 0 unspecified atom stereocenters. The van der Waals surface area contributed by atoms with Crippen molar-refractivity contribution in [3.63, 3.8) is 0 Å². The Kier molecular flexibility index (Phi) is 4.66. The lowest BCUT2D eigenvalue weighted by molar-refractivity contribution is -0.121. The molecule has 0 radical (unpaired) electrons. The lowest BCUT2D eigenvalue weighted by atomic mass is 10.2. The first kappa shape index (κ1) is 13.0. The van der Waals surface area contributed by atoms with Crippen molar-refractivity contribution in [2.45, 2.75) is 19.3 Å². The molecule has 1 aromatic heterocycles. The molecule has 0 fully saturated rings. The number of para-hydroxylation sites is 1. The van der Waals surface area contributed by atoms with E-state index in [2.05, 4.69) is 16.4 Å². The zero-order valence-corrected chi connectivity index (χ0v) is 10.9. The standard InChI is InChI=1S/C13H16N2O2S/c16-9-8-14-12(17)6-3-7-13-15-10-4-1-2-5-11(10)18-13/h1-2,4-5,16H,3,6-9H2,(H,14,17). The minimum atomic E-state index is -0.0103. The lowest BCUT2D eigenvalue weighted by Crippen LogP contribution is -2.26. The zero-order valence-electron chi connectivity index (χ0n) is 10.1. The van der Waals surface area contributed by atoms with Crippen molar-refractivity contribution < 1.29 is 9.90 Å². The van der Waals surface area contributed by atoms with Crippen molar-refractivity contribution in [3.8, 4) is 0 Å². The minimum absolute atomic E-state index is 0.00911. The number of carbonyl (C=O) groups is 1. The SMILES string of the molecule is O=C(CCCc1nc2ccccc2s1)NCCO. The Bertz CT molecular complexity index is 491. The van der Waals surface area contributed by atoms with Crippen molar-refractivity contribution >= 4 is 27.5 Å². The maximum absolute atomic E-state index is 11.3. The highest BCUT2D eigenvalue weighted by Crippen LogP contribution is 2.22. The van der Waals surface area contributed by atoms with Crippen LogP contribution in [-0.2, 0) is 11.2 Å². The highest BCUT2D eigenvalue weighted by Gasteiger charge is 2.05. The second kappa shape index (κ2) is 6.47. The number of nitrogens with one attached hydrogen (secondary N) is 1. The number of aliphatic hydroxyl groups excluding tert-OH is 1. The van der Waals surface area contributed by atoms with Gasteiger partial charge in [0.2, 0.25) is 5.91 Å². The number of benzene rings is 1. The van der Waals surface area contributed by atoms with E-state index in [1.54, 1.807) is 11.3 Å². The normalized spacial score (nSPS) is 10.7. The first-order valence-corrected chi connectivity index (χ1v) is 6.83. The molecule has 1 heterocycles. The van der Waals surface area contributed by atoms with E-state index in [1.807, 2.05) is 18.2 Å². The smallest absolute Gasteiger partial charge is 0.220 e. The molecular weight excluding hydrogens is 248 g/mol. The number of carbonyl (C=O) groups excluding carboxylic acids is 1. The first-order chi connectivity index (χ1) is 8.79. The number of aromatic nitrogens is 1. The van der Waals surface area contributed by atoms with Crippen LogP contribution in [0.4, 0.5) is 0 Å². The molecule has 0 saturated heterocycles. The van der Waals surface area contributed by atoms with Gasteiger partial charge in [-0.25, -0.2) is 4.98 Å². The fourth-order valence-corrected chi connectivity index (χ4v) is 2.72. The Labute approximate surface area is 110 Å². The highest BCUT2D eigenvalue weighted by atomic mass is 32.1. The van der Waals surface area contributed by atoms with E-state index < -0.39 is 0 Å². The van der Waals surface area contributed by atoms with Crippen LogP contribution in [0.3, 0.4) is 0 Å². The summed E-state index contributed by atoms with van der Waals surface area (Å²) in [5.41, 5.74) is 1.03. The molecule has 96 valence electrons. The summed E-state index contributed by atoms with van der Waals surface area (Å²) in [7, 11) is 0. The molecule has 2 rings (SSSR count). The van der Waals surface area contributed by atoms with Gasteiger partial charge < -0.3 is 10.4 Å². The number of nitrogens with zero attached hydrogens (tertiary/aromatic N) is 1. The molecule has 0 atom stereocenters. The Balaban J connectivity index is 1.81. The molecule has 0 aliphatic carbocycles. The molecule has 0 bridgehead atoms. The molecule has 0 saturated carbocycles. The average molecular weight is 264 g/mol. The van der Waals surface area contributed by atoms with Gasteiger partial charge in [0.15, 0.2) is 0 Å². The number of fused-ring (bicyclic) bond motifs is 1. The number of thiazole rings is 1. The molecule has 0 spiro atoms. The van der Waals surface area contributed by atoms with Crippen LogP contribution in [0.2, 0.25) is 0 Å². The average Bonchev–Trinajstić information content (AvgIpc) is 2.79. The number of hydrogen-bond acceptors (Lipinski definition) is 4. The van der Waals surface area contributed by atoms with Crippen LogP contribution < -0.4 is 5.32 Å². The predicted octanol–water partition coefficient (Wildman–Crippen LogP) is 1.73. The summed E-state index contributed by atoms with van der Waals surface area (Å²) < 4.78 is 1.19. The van der Waals surface area contributed by atoms with E-state index in [0.29, 0.717) is 13.0 Å². The molecule has 4 nitrogen and oxygen atoms in total. The third-order valence-electron chi connectivity index (χ3n) is 2.57. The topological polar surface area (TPSA) is 62.2 Å².